The molecule has 0 saturated carbocycles. The smallest absolute Gasteiger partial charge is 0.0137 e. The summed E-state index contributed by atoms with van der Waals surface area (Å²) in [7, 11) is 0.497. The SMILES string of the molecule is CCC1C2CCCP2C(C)(C)CC(C)(C)P1C. The molecule has 2 aliphatic heterocycles. The second-order valence-electron chi connectivity index (χ2n) is 7.29. The van der Waals surface area contributed by atoms with E-state index in [4.69, 9.17) is 0 Å². The zero-order valence-electron chi connectivity index (χ0n) is 12.6. The fraction of sp³-hybridized carbons (Fsp3) is 1.00. The number of rotatable bonds is 1. The molecule has 4 unspecified atom stereocenters. The first kappa shape index (κ1) is 14.3. The lowest BCUT2D eigenvalue weighted by molar-refractivity contribution is 0.528. The fourth-order valence-corrected chi connectivity index (χ4v) is 12.5. The lowest BCUT2D eigenvalue weighted by Gasteiger charge is -2.39. The van der Waals surface area contributed by atoms with Crippen molar-refractivity contribution in [2.24, 2.45) is 0 Å². The average molecular weight is 272 g/mol. The molecule has 0 radical (unpaired) electrons. The molecule has 2 heterocycles. The monoisotopic (exact) mass is 272 g/mol. The molecule has 0 aromatic carbocycles. The van der Waals surface area contributed by atoms with Crippen LogP contribution in [0.4, 0.5) is 0 Å². The average Bonchev–Trinajstić information content (AvgIpc) is 2.64. The lowest BCUT2D eigenvalue weighted by atomic mass is 9.99. The minimum absolute atomic E-state index is 0.201. The van der Waals surface area contributed by atoms with Crippen molar-refractivity contribution in [3.05, 3.63) is 0 Å². The predicted octanol–water partition coefficient (Wildman–Crippen LogP) is 5.48. The molecule has 2 saturated heterocycles. The van der Waals surface area contributed by atoms with Crippen molar-refractivity contribution in [2.75, 3.05) is 12.8 Å². The lowest BCUT2D eigenvalue weighted by Crippen LogP contribution is -2.29. The van der Waals surface area contributed by atoms with Gasteiger partial charge in [0.15, 0.2) is 0 Å². The van der Waals surface area contributed by atoms with Gasteiger partial charge in [-0.3, -0.25) is 0 Å². The van der Waals surface area contributed by atoms with E-state index in [1.165, 1.54) is 19.3 Å². The van der Waals surface area contributed by atoms with Crippen LogP contribution < -0.4 is 0 Å². The van der Waals surface area contributed by atoms with Crippen molar-refractivity contribution in [1.82, 2.24) is 0 Å². The maximum atomic E-state index is 2.61. The van der Waals surface area contributed by atoms with Crippen LogP contribution in [0.3, 0.4) is 0 Å². The van der Waals surface area contributed by atoms with Crippen LogP contribution in [0.5, 0.6) is 0 Å². The molecular formula is C15H30P2. The van der Waals surface area contributed by atoms with Crippen molar-refractivity contribution < 1.29 is 0 Å². The molecule has 0 aromatic rings. The Kier molecular flexibility index (Phi) is 3.99. The molecule has 0 aromatic heterocycles. The number of hydrogen-bond donors (Lipinski definition) is 0. The van der Waals surface area contributed by atoms with Gasteiger partial charge in [-0.25, -0.2) is 0 Å². The minimum atomic E-state index is 0.201. The third kappa shape index (κ3) is 2.47. The standard InChI is InChI=1S/C15H30P2/c1-7-12-13-9-8-10-17(13)15(4,5)11-14(2,3)16(12)6/h12-13H,7-11H2,1-6H3. The molecule has 2 rings (SSSR count). The van der Waals surface area contributed by atoms with Crippen LogP contribution in [-0.4, -0.2) is 34.5 Å². The molecule has 0 nitrogen and oxygen atoms in total. The van der Waals surface area contributed by atoms with E-state index in [1.807, 2.05) is 0 Å². The Morgan fingerprint density at radius 1 is 1.12 bits per heavy atom. The van der Waals surface area contributed by atoms with Crippen LogP contribution in [-0.2, 0) is 0 Å². The van der Waals surface area contributed by atoms with E-state index in [0.29, 0.717) is 18.2 Å². The van der Waals surface area contributed by atoms with Crippen LogP contribution in [0.15, 0.2) is 0 Å². The second kappa shape index (κ2) is 4.76. The molecule has 17 heavy (non-hydrogen) atoms. The van der Waals surface area contributed by atoms with Gasteiger partial charge in [0, 0.05) is 0 Å². The van der Waals surface area contributed by atoms with Gasteiger partial charge in [-0.2, -0.15) is 0 Å². The van der Waals surface area contributed by atoms with Crippen LogP contribution >= 0.6 is 15.8 Å². The Hall–Kier alpha value is 0.860. The summed E-state index contributed by atoms with van der Waals surface area (Å²) in [5.41, 5.74) is 2.18. The minimum Gasteiger partial charge on any atom is -0.100 e. The first-order valence-corrected chi connectivity index (χ1v) is 10.7. The summed E-state index contributed by atoms with van der Waals surface area (Å²) in [4.78, 5) is 0. The Bertz CT molecular complexity index is 283. The molecule has 0 N–H and O–H groups in total. The quantitative estimate of drug-likeness (QED) is 0.554. The van der Waals surface area contributed by atoms with Crippen LogP contribution in [0.25, 0.3) is 0 Å². The summed E-state index contributed by atoms with van der Waals surface area (Å²) in [6, 6.07) is 0. The third-order valence-electron chi connectivity index (χ3n) is 5.26. The molecular weight excluding hydrogens is 242 g/mol. The zero-order chi connectivity index (χ0) is 12.8. The molecule has 0 bridgehead atoms. The van der Waals surface area contributed by atoms with E-state index in [1.54, 1.807) is 12.6 Å². The first-order chi connectivity index (χ1) is 7.79. The molecule has 100 valence electrons. The van der Waals surface area contributed by atoms with E-state index in [2.05, 4.69) is 41.3 Å². The van der Waals surface area contributed by atoms with Crippen molar-refractivity contribution in [3.63, 3.8) is 0 Å². The van der Waals surface area contributed by atoms with Gasteiger partial charge in [0.1, 0.15) is 0 Å². The second-order valence-corrected chi connectivity index (χ2v) is 13.6. The van der Waals surface area contributed by atoms with Crippen molar-refractivity contribution in [2.45, 2.75) is 81.9 Å². The Balaban J connectivity index is 2.37. The molecule has 0 aliphatic carbocycles. The van der Waals surface area contributed by atoms with Gasteiger partial charge in [0.25, 0.3) is 0 Å². The normalized spacial score (nSPS) is 44.1. The van der Waals surface area contributed by atoms with Gasteiger partial charge < -0.3 is 0 Å². The highest BCUT2D eigenvalue weighted by molar-refractivity contribution is 7.65. The van der Waals surface area contributed by atoms with Crippen LogP contribution in [0.1, 0.15) is 60.3 Å². The largest absolute Gasteiger partial charge is 0.100 e. The van der Waals surface area contributed by atoms with E-state index in [-0.39, 0.29) is 7.92 Å². The number of fused-ring (bicyclic) bond motifs is 1. The molecule has 4 atom stereocenters. The molecule has 2 aliphatic rings. The van der Waals surface area contributed by atoms with E-state index < -0.39 is 0 Å². The maximum absolute atomic E-state index is 2.61. The van der Waals surface area contributed by atoms with E-state index in [9.17, 15) is 0 Å². The fourth-order valence-electron chi connectivity index (χ4n) is 4.48. The highest BCUT2D eigenvalue weighted by Crippen LogP contribution is 2.72. The molecule has 2 heteroatoms. The van der Waals surface area contributed by atoms with Gasteiger partial charge in [-0.1, -0.05) is 42.5 Å². The van der Waals surface area contributed by atoms with Crippen molar-refractivity contribution in [3.8, 4) is 0 Å². The maximum Gasteiger partial charge on any atom is -0.0137 e. The Labute approximate surface area is 111 Å². The summed E-state index contributed by atoms with van der Waals surface area (Å²) in [5.74, 6) is 0. The topological polar surface area (TPSA) is 0 Å². The third-order valence-corrected chi connectivity index (χ3v) is 13.2. The summed E-state index contributed by atoms with van der Waals surface area (Å²) in [6.07, 6.45) is 7.56. The Morgan fingerprint density at radius 3 is 2.35 bits per heavy atom. The first-order valence-electron chi connectivity index (χ1n) is 7.29. The van der Waals surface area contributed by atoms with Gasteiger partial charge in [-0.15, -0.1) is 7.92 Å². The van der Waals surface area contributed by atoms with Crippen molar-refractivity contribution >= 4 is 15.8 Å². The van der Waals surface area contributed by atoms with Crippen LogP contribution in [0, 0.1) is 0 Å². The van der Waals surface area contributed by atoms with E-state index >= 15 is 0 Å². The molecule has 0 amide bonds. The van der Waals surface area contributed by atoms with Crippen molar-refractivity contribution in [1.29, 1.82) is 0 Å². The highest BCUT2D eigenvalue weighted by Gasteiger charge is 2.50. The summed E-state index contributed by atoms with van der Waals surface area (Å²) in [5, 5.41) is 1.24. The molecule has 2 fully saturated rings. The van der Waals surface area contributed by atoms with E-state index in [0.717, 1.165) is 11.3 Å². The summed E-state index contributed by atoms with van der Waals surface area (Å²) in [6.45, 7) is 15.3. The van der Waals surface area contributed by atoms with Crippen LogP contribution in [0.2, 0.25) is 0 Å². The summed E-state index contributed by atoms with van der Waals surface area (Å²) >= 11 is 0. The zero-order valence-corrected chi connectivity index (χ0v) is 14.4. The van der Waals surface area contributed by atoms with Gasteiger partial charge in [0.05, 0.1) is 0 Å². The highest BCUT2D eigenvalue weighted by atomic mass is 31.1. The number of hydrogen-bond acceptors (Lipinski definition) is 0. The Morgan fingerprint density at radius 2 is 1.76 bits per heavy atom. The molecule has 0 spiro atoms. The summed E-state index contributed by atoms with van der Waals surface area (Å²) < 4.78 is 0. The predicted molar refractivity (Wildman–Crippen MR) is 84.5 cm³/mol. The van der Waals surface area contributed by atoms with Gasteiger partial charge in [-0.05, 0) is 60.1 Å². The van der Waals surface area contributed by atoms with Gasteiger partial charge >= 0.3 is 0 Å². The van der Waals surface area contributed by atoms with Gasteiger partial charge in [0.2, 0.25) is 0 Å².